The second-order valence-electron chi connectivity index (χ2n) is 4.96. The minimum atomic E-state index is -0.0212. The molecule has 0 heterocycles. The van der Waals surface area contributed by atoms with Crippen molar-refractivity contribution in [3.63, 3.8) is 0 Å². The molecule has 0 bridgehead atoms. The van der Waals surface area contributed by atoms with Crippen molar-refractivity contribution < 1.29 is 4.79 Å². The van der Waals surface area contributed by atoms with E-state index in [2.05, 4.69) is 10.6 Å². The minimum Gasteiger partial charge on any atom is -0.384 e. The molecule has 0 aromatic heterocycles. The second kappa shape index (κ2) is 8.06. The summed E-state index contributed by atoms with van der Waals surface area (Å²) in [7, 11) is 0. The van der Waals surface area contributed by atoms with Gasteiger partial charge in [0.05, 0.1) is 0 Å². The Kier molecular flexibility index (Phi) is 6.10. The van der Waals surface area contributed by atoms with E-state index in [1.807, 2.05) is 49.4 Å². The Labute approximate surface area is 140 Å². The highest BCUT2D eigenvalue weighted by Gasteiger charge is 2.05. The molecule has 1 amide bonds. The van der Waals surface area contributed by atoms with Crippen LogP contribution in [0.25, 0.3) is 0 Å². The van der Waals surface area contributed by atoms with Crippen LogP contribution in [0, 0.1) is 6.92 Å². The molecule has 0 unspecified atom stereocenters. The van der Waals surface area contributed by atoms with Crippen LogP contribution >= 0.6 is 23.2 Å². The van der Waals surface area contributed by atoms with Crippen molar-refractivity contribution in [2.75, 3.05) is 11.9 Å². The number of benzene rings is 2. The van der Waals surface area contributed by atoms with Crippen LogP contribution in [0.3, 0.4) is 0 Å². The van der Waals surface area contributed by atoms with Crippen molar-refractivity contribution >= 4 is 34.8 Å². The molecule has 0 fully saturated rings. The molecule has 2 N–H and O–H groups in total. The summed E-state index contributed by atoms with van der Waals surface area (Å²) < 4.78 is 0. The molecule has 0 saturated heterocycles. The quantitative estimate of drug-likeness (QED) is 0.819. The molecule has 0 atom stereocenters. The van der Waals surface area contributed by atoms with E-state index >= 15 is 0 Å². The standard InChI is InChI=1S/C17H18Cl2N2O/c1-12-14(18)7-4-8-16(12)20-10-9-17(22)21-11-13-5-2-3-6-15(13)19/h2-8,20H,9-11H2,1H3,(H,21,22). The molecular weight excluding hydrogens is 319 g/mol. The summed E-state index contributed by atoms with van der Waals surface area (Å²) in [5, 5.41) is 7.46. The topological polar surface area (TPSA) is 41.1 Å². The van der Waals surface area contributed by atoms with E-state index in [-0.39, 0.29) is 5.91 Å². The van der Waals surface area contributed by atoms with Gasteiger partial charge in [-0.1, -0.05) is 47.5 Å². The van der Waals surface area contributed by atoms with E-state index in [1.165, 1.54) is 0 Å². The highest BCUT2D eigenvalue weighted by atomic mass is 35.5. The summed E-state index contributed by atoms with van der Waals surface area (Å²) in [6, 6.07) is 13.2. The molecule has 0 saturated carbocycles. The molecule has 116 valence electrons. The molecule has 2 aromatic rings. The molecule has 0 aliphatic carbocycles. The van der Waals surface area contributed by atoms with E-state index in [1.54, 1.807) is 0 Å². The Balaban J connectivity index is 1.76. The number of anilines is 1. The van der Waals surface area contributed by atoms with Gasteiger partial charge in [-0.25, -0.2) is 0 Å². The summed E-state index contributed by atoms with van der Waals surface area (Å²) in [6.07, 6.45) is 0.385. The number of carbonyl (C=O) groups is 1. The summed E-state index contributed by atoms with van der Waals surface area (Å²) in [6.45, 7) is 2.94. The van der Waals surface area contributed by atoms with Gasteiger partial charge in [0.15, 0.2) is 0 Å². The van der Waals surface area contributed by atoms with Gasteiger partial charge in [0, 0.05) is 35.2 Å². The van der Waals surface area contributed by atoms with Crippen molar-refractivity contribution in [1.82, 2.24) is 5.32 Å². The highest BCUT2D eigenvalue weighted by Crippen LogP contribution is 2.22. The average Bonchev–Trinajstić information content (AvgIpc) is 2.51. The zero-order valence-electron chi connectivity index (χ0n) is 12.3. The summed E-state index contributed by atoms with van der Waals surface area (Å²) in [5.74, 6) is -0.0212. The largest absolute Gasteiger partial charge is 0.384 e. The summed E-state index contributed by atoms with van der Waals surface area (Å²) in [5.41, 5.74) is 2.85. The number of carbonyl (C=O) groups excluding carboxylic acids is 1. The predicted molar refractivity (Wildman–Crippen MR) is 92.6 cm³/mol. The maximum Gasteiger partial charge on any atom is 0.222 e. The molecule has 22 heavy (non-hydrogen) atoms. The van der Waals surface area contributed by atoms with E-state index in [0.717, 1.165) is 16.8 Å². The van der Waals surface area contributed by atoms with Crippen molar-refractivity contribution in [2.45, 2.75) is 19.9 Å². The van der Waals surface area contributed by atoms with Gasteiger partial charge in [0.2, 0.25) is 5.91 Å². The van der Waals surface area contributed by atoms with Crippen LogP contribution in [0.2, 0.25) is 10.0 Å². The van der Waals surface area contributed by atoms with Gasteiger partial charge < -0.3 is 10.6 Å². The monoisotopic (exact) mass is 336 g/mol. The first-order chi connectivity index (χ1) is 10.6. The van der Waals surface area contributed by atoms with Crippen LogP contribution < -0.4 is 10.6 Å². The summed E-state index contributed by atoms with van der Waals surface area (Å²) in [4.78, 5) is 11.8. The Morgan fingerprint density at radius 1 is 1.05 bits per heavy atom. The van der Waals surface area contributed by atoms with Crippen LogP contribution in [0.5, 0.6) is 0 Å². The molecular formula is C17H18Cl2N2O. The molecule has 3 nitrogen and oxygen atoms in total. The van der Waals surface area contributed by atoms with E-state index in [9.17, 15) is 4.79 Å². The third-order valence-electron chi connectivity index (χ3n) is 3.37. The van der Waals surface area contributed by atoms with Crippen LogP contribution in [0.15, 0.2) is 42.5 Å². The first kappa shape index (κ1) is 16.7. The molecule has 2 aromatic carbocycles. The first-order valence-electron chi connectivity index (χ1n) is 7.07. The van der Waals surface area contributed by atoms with Crippen molar-refractivity contribution in [3.05, 3.63) is 63.6 Å². The molecule has 2 rings (SSSR count). The summed E-state index contributed by atoms with van der Waals surface area (Å²) >= 11 is 12.1. The molecule has 0 aliphatic heterocycles. The first-order valence-corrected chi connectivity index (χ1v) is 7.82. The van der Waals surface area contributed by atoms with Gasteiger partial charge in [-0.15, -0.1) is 0 Å². The van der Waals surface area contributed by atoms with Crippen LogP contribution in [-0.4, -0.2) is 12.5 Å². The Morgan fingerprint density at radius 3 is 2.55 bits per heavy atom. The fraction of sp³-hybridized carbons (Fsp3) is 0.235. The van der Waals surface area contributed by atoms with Crippen molar-refractivity contribution in [3.8, 4) is 0 Å². The van der Waals surface area contributed by atoms with Gasteiger partial charge in [-0.2, -0.15) is 0 Å². The third kappa shape index (κ3) is 4.65. The van der Waals surface area contributed by atoms with Crippen LogP contribution in [0.4, 0.5) is 5.69 Å². The number of rotatable bonds is 6. The van der Waals surface area contributed by atoms with Crippen LogP contribution in [-0.2, 0) is 11.3 Å². The SMILES string of the molecule is Cc1c(Cl)cccc1NCCC(=O)NCc1ccccc1Cl. The van der Waals surface area contributed by atoms with E-state index in [0.29, 0.717) is 29.6 Å². The normalized spacial score (nSPS) is 10.3. The van der Waals surface area contributed by atoms with E-state index in [4.69, 9.17) is 23.2 Å². The fourth-order valence-electron chi connectivity index (χ4n) is 2.03. The lowest BCUT2D eigenvalue weighted by atomic mass is 10.2. The van der Waals surface area contributed by atoms with Gasteiger partial charge in [-0.05, 0) is 36.2 Å². The molecule has 0 spiro atoms. The third-order valence-corrected chi connectivity index (χ3v) is 4.15. The molecule has 0 aliphatic rings. The Hall–Kier alpha value is -1.71. The number of nitrogens with one attached hydrogen (secondary N) is 2. The number of hydrogen-bond donors (Lipinski definition) is 2. The molecule has 5 heteroatoms. The maximum absolute atomic E-state index is 11.8. The zero-order valence-corrected chi connectivity index (χ0v) is 13.8. The van der Waals surface area contributed by atoms with Crippen molar-refractivity contribution in [2.24, 2.45) is 0 Å². The second-order valence-corrected chi connectivity index (χ2v) is 5.77. The van der Waals surface area contributed by atoms with Crippen LogP contribution in [0.1, 0.15) is 17.5 Å². The zero-order chi connectivity index (χ0) is 15.9. The van der Waals surface area contributed by atoms with Crippen molar-refractivity contribution in [1.29, 1.82) is 0 Å². The number of halogens is 2. The van der Waals surface area contributed by atoms with Gasteiger partial charge >= 0.3 is 0 Å². The average molecular weight is 337 g/mol. The Bertz CT molecular complexity index is 659. The maximum atomic E-state index is 11.8. The van der Waals surface area contributed by atoms with Gasteiger partial charge in [0.25, 0.3) is 0 Å². The number of hydrogen-bond acceptors (Lipinski definition) is 2. The van der Waals surface area contributed by atoms with Gasteiger partial charge in [-0.3, -0.25) is 4.79 Å². The number of amides is 1. The Morgan fingerprint density at radius 2 is 1.77 bits per heavy atom. The highest BCUT2D eigenvalue weighted by molar-refractivity contribution is 6.31. The predicted octanol–water partition coefficient (Wildman–Crippen LogP) is 4.42. The smallest absolute Gasteiger partial charge is 0.222 e. The van der Waals surface area contributed by atoms with Gasteiger partial charge in [0.1, 0.15) is 0 Å². The lowest BCUT2D eigenvalue weighted by Crippen LogP contribution is -2.25. The lowest BCUT2D eigenvalue weighted by Gasteiger charge is -2.11. The fourth-order valence-corrected chi connectivity index (χ4v) is 2.41. The van der Waals surface area contributed by atoms with E-state index < -0.39 is 0 Å². The lowest BCUT2D eigenvalue weighted by molar-refractivity contribution is -0.121. The molecule has 0 radical (unpaired) electrons. The minimum absolute atomic E-state index is 0.0212.